The molecular formula is C8H11N3O4S. The molecule has 0 amide bonds. The fourth-order valence-electron chi connectivity index (χ4n) is 1.22. The van der Waals surface area contributed by atoms with Crippen LogP contribution < -0.4 is 10.5 Å². The number of rotatable bonds is 4. The molecule has 88 valence electrons. The Morgan fingerprint density at radius 2 is 2.12 bits per heavy atom. The van der Waals surface area contributed by atoms with Crippen molar-refractivity contribution in [3.05, 3.63) is 28.3 Å². The Hall–Kier alpha value is -1.67. The molecular weight excluding hydrogens is 234 g/mol. The lowest BCUT2D eigenvalue weighted by Crippen LogP contribution is -2.24. The normalized spacial score (nSPS) is 11.3. The summed E-state index contributed by atoms with van der Waals surface area (Å²) in [6, 6.07) is 3.78. The molecule has 0 bridgehead atoms. The second-order valence-electron chi connectivity index (χ2n) is 2.95. The molecule has 0 saturated heterocycles. The number of nitrogen functional groups attached to an aromatic ring is 1. The Morgan fingerprint density at radius 1 is 1.50 bits per heavy atom. The summed E-state index contributed by atoms with van der Waals surface area (Å²) < 4.78 is 25.4. The second kappa shape index (κ2) is 4.45. The van der Waals surface area contributed by atoms with Crippen molar-refractivity contribution >= 4 is 21.4 Å². The molecule has 1 rings (SSSR count). The summed E-state index contributed by atoms with van der Waals surface area (Å²) >= 11 is 0. The molecule has 0 spiro atoms. The summed E-state index contributed by atoms with van der Waals surface area (Å²) in [7, 11) is -3.88. The number of anilines is 1. The number of sulfonamides is 1. The first-order valence-electron chi connectivity index (χ1n) is 4.42. The number of nitro groups is 1. The van der Waals surface area contributed by atoms with Crippen LogP contribution in [-0.2, 0) is 10.0 Å². The van der Waals surface area contributed by atoms with Crippen LogP contribution in [0.15, 0.2) is 23.1 Å². The Balaban J connectivity index is 3.46. The van der Waals surface area contributed by atoms with Gasteiger partial charge in [-0.15, -0.1) is 0 Å². The van der Waals surface area contributed by atoms with E-state index in [1.54, 1.807) is 6.92 Å². The Morgan fingerprint density at radius 3 is 2.62 bits per heavy atom. The number of benzene rings is 1. The largest absolute Gasteiger partial charge is 0.393 e. The van der Waals surface area contributed by atoms with Crippen molar-refractivity contribution in [2.24, 2.45) is 0 Å². The number of nitro benzene ring substituents is 1. The third kappa shape index (κ3) is 2.28. The molecule has 0 aromatic heterocycles. The number of hydrogen-bond donors (Lipinski definition) is 2. The molecule has 0 aliphatic rings. The highest BCUT2D eigenvalue weighted by Crippen LogP contribution is 2.29. The molecule has 0 atom stereocenters. The van der Waals surface area contributed by atoms with E-state index in [2.05, 4.69) is 4.72 Å². The van der Waals surface area contributed by atoms with Gasteiger partial charge in [-0.1, -0.05) is 13.0 Å². The quantitative estimate of drug-likeness (QED) is 0.454. The van der Waals surface area contributed by atoms with Crippen LogP contribution in [0, 0.1) is 10.1 Å². The third-order valence-corrected chi connectivity index (χ3v) is 3.41. The molecule has 0 heterocycles. The lowest BCUT2D eigenvalue weighted by molar-refractivity contribution is -0.386. The highest BCUT2D eigenvalue weighted by atomic mass is 32.2. The van der Waals surface area contributed by atoms with Crippen LogP contribution in [0.4, 0.5) is 11.4 Å². The first-order valence-corrected chi connectivity index (χ1v) is 5.91. The lowest BCUT2D eigenvalue weighted by Gasteiger charge is -2.06. The smallest absolute Gasteiger partial charge is 0.312 e. The molecule has 1 aromatic carbocycles. The van der Waals surface area contributed by atoms with Gasteiger partial charge < -0.3 is 5.73 Å². The molecule has 0 fully saturated rings. The Bertz CT molecular complexity index is 512. The van der Waals surface area contributed by atoms with Crippen LogP contribution in [0.5, 0.6) is 0 Å². The van der Waals surface area contributed by atoms with E-state index in [9.17, 15) is 18.5 Å². The highest BCUT2D eigenvalue weighted by Gasteiger charge is 2.27. The van der Waals surface area contributed by atoms with Gasteiger partial charge >= 0.3 is 5.69 Å². The van der Waals surface area contributed by atoms with Crippen LogP contribution in [-0.4, -0.2) is 19.9 Å². The van der Waals surface area contributed by atoms with Crippen molar-refractivity contribution in [3.8, 4) is 0 Å². The maximum atomic E-state index is 11.6. The zero-order chi connectivity index (χ0) is 12.3. The number of nitrogens with two attached hydrogens (primary N) is 1. The van der Waals surface area contributed by atoms with Crippen LogP contribution in [0.2, 0.25) is 0 Å². The van der Waals surface area contributed by atoms with Gasteiger partial charge in [-0.2, -0.15) is 0 Å². The van der Waals surface area contributed by atoms with Gasteiger partial charge in [0.2, 0.25) is 10.0 Å². The maximum absolute atomic E-state index is 11.6. The minimum atomic E-state index is -3.88. The van der Waals surface area contributed by atoms with Crippen molar-refractivity contribution in [2.45, 2.75) is 11.8 Å². The Kier molecular flexibility index (Phi) is 3.45. The van der Waals surface area contributed by atoms with Crippen LogP contribution in [0.1, 0.15) is 6.92 Å². The maximum Gasteiger partial charge on any atom is 0.312 e. The molecule has 16 heavy (non-hydrogen) atoms. The SMILES string of the molecule is CCNS(=O)(=O)c1cccc(N)c1[N+](=O)[O-]. The average molecular weight is 245 g/mol. The monoisotopic (exact) mass is 245 g/mol. The van der Waals surface area contributed by atoms with Gasteiger partial charge in [0.25, 0.3) is 0 Å². The molecule has 7 nitrogen and oxygen atoms in total. The second-order valence-corrected chi connectivity index (χ2v) is 4.69. The van der Waals surface area contributed by atoms with Gasteiger partial charge in [-0.3, -0.25) is 10.1 Å². The summed E-state index contributed by atoms with van der Waals surface area (Å²) in [6.45, 7) is 1.73. The van der Waals surface area contributed by atoms with E-state index in [0.29, 0.717) is 0 Å². The first kappa shape index (κ1) is 12.4. The van der Waals surface area contributed by atoms with Crippen molar-refractivity contribution in [3.63, 3.8) is 0 Å². The molecule has 0 aliphatic carbocycles. The van der Waals surface area contributed by atoms with Crippen LogP contribution in [0.25, 0.3) is 0 Å². The topological polar surface area (TPSA) is 115 Å². The van der Waals surface area contributed by atoms with Gasteiger partial charge in [-0.05, 0) is 12.1 Å². The van der Waals surface area contributed by atoms with Crippen molar-refractivity contribution < 1.29 is 13.3 Å². The van der Waals surface area contributed by atoms with E-state index in [0.717, 1.165) is 6.07 Å². The molecule has 0 unspecified atom stereocenters. The number of hydrogen-bond acceptors (Lipinski definition) is 5. The molecule has 0 aliphatic heterocycles. The predicted octanol–water partition coefficient (Wildman–Crippen LogP) is 0.475. The summed E-state index contributed by atoms with van der Waals surface area (Å²) in [5.74, 6) is 0. The van der Waals surface area contributed by atoms with Crippen LogP contribution >= 0.6 is 0 Å². The molecule has 8 heteroatoms. The van der Waals surface area contributed by atoms with Gasteiger partial charge in [-0.25, -0.2) is 13.1 Å². The zero-order valence-electron chi connectivity index (χ0n) is 8.50. The number of para-hydroxylation sites is 1. The van der Waals surface area contributed by atoms with Gasteiger partial charge in [0.1, 0.15) is 5.69 Å². The van der Waals surface area contributed by atoms with E-state index < -0.39 is 25.5 Å². The molecule has 0 saturated carbocycles. The van der Waals surface area contributed by atoms with E-state index in [1.165, 1.54) is 12.1 Å². The van der Waals surface area contributed by atoms with Gasteiger partial charge in [0.05, 0.1) is 4.92 Å². The number of nitrogens with zero attached hydrogens (tertiary/aromatic N) is 1. The highest BCUT2D eigenvalue weighted by molar-refractivity contribution is 7.89. The standard InChI is InChI=1S/C8H11N3O4S/c1-2-10-16(14,15)7-5-3-4-6(9)8(7)11(12)13/h3-5,10H,2,9H2,1H3. The number of nitrogens with one attached hydrogen (secondary N) is 1. The summed E-state index contributed by atoms with van der Waals surface area (Å²) in [5, 5.41) is 10.7. The molecule has 3 N–H and O–H groups in total. The molecule has 0 radical (unpaired) electrons. The van der Waals surface area contributed by atoms with Crippen molar-refractivity contribution in [2.75, 3.05) is 12.3 Å². The van der Waals surface area contributed by atoms with E-state index in [4.69, 9.17) is 5.73 Å². The van der Waals surface area contributed by atoms with Crippen LogP contribution in [0.3, 0.4) is 0 Å². The zero-order valence-corrected chi connectivity index (χ0v) is 9.32. The van der Waals surface area contributed by atoms with E-state index in [1.807, 2.05) is 0 Å². The van der Waals surface area contributed by atoms with Crippen molar-refractivity contribution in [1.82, 2.24) is 4.72 Å². The molecule has 1 aromatic rings. The van der Waals surface area contributed by atoms with E-state index in [-0.39, 0.29) is 12.2 Å². The fraction of sp³-hybridized carbons (Fsp3) is 0.250. The van der Waals surface area contributed by atoms with E-state index >= 15 is 0 Å². The summed E-state index contributed by atoms with van der Waals surface area (Å²) in [6.07, 6.45) is 0. The van der Waals surface area contributed by atoms with Crippen molar-refractivity contribution in [1.29, 1.82) is 0 Å². The van der Waals surface area contributed by atoms with Gasteiger partial charge in [0, 0.05) is 6.54 Å². The average Bonchev–Trinajstić information content (AvgIpc) is 2.16. The lowest BCUT2D eigenvalue weighted by atomic mass is 10.3. The summed E-state index contributed by atoms with van der Waals surface area (Å²) in [5.41, 5.74) is 4.61. The van der Waals surface area contributed by atoms with Gasteiger partial charge in [0.15, 0.2) is 4.90 Å². The minimum absolute atomic E-state index is 0.147. The third-order valence-electron chi connectivity index (χ3n) is 1.84. The predicted molar refractivity (Wildman–Crippen MR) is 58.4 cm³/mol. The minimum Gasteiger partial charge on any atom is -0.393 e. The fourth-order valence-corrected chi connectivity index (χ4v) is 2.46. The summed E-state index contributed by atoms with van der Waals surface area (Å²) in [4.78, 5) is 9.50. The Labute approximate surface area is 92.5 Å². The first-order chi connectivity index (χ1) is 7.40.